The maximum absolute atomic E-state index is 3.96. The fourth-order valence-corrected chi connectivity index (χ4v) is 5.04. The van der Waals surface area contributed by atoms with Crippen molar-refractivity contribution in [3.63, 3.8) is 0 Å². The van der Waals surface area contributed by atoms with Crippen molar-refractivity contribution in [2.45, 2.75) is 70.9 Å². The van der Waals surface area contributed by atoms with Gasteiger partial charge in [-0.25, -0.2) is 0 Å². The van der Waals surface area contributed by atoms with Crippen LogP contribution in [-0.2, 0) is 0 Å². The Kier molecular flexibility index (Phi) is 2.99. The minimum Gasteiger partial charge on any atom is -0.311 e. The first kappa shape index (κ1) is 11.1. The third kappa shape index (κ3) is 1.92. The molecule has 4 aliphatic rings. The van der Waals surface area contributed by atoms with Gasteiger partial charge in [-0.3, -0.25) is 0 Å². The minimum absolute atomic E-state index is 0.743. The fraction of sp³-hybridized carbons (Fsp3) is 1.00. The van der Waals surface area contributed by atoms with Gasteiger partial charge in [0.25, 0.3) is 0 Å². The molecule has 4 rings (SSSR count). The lowest BCUT2D eigenvalue weighted by atomic mass is 9.54. The predicted molar refractivity (Wildman–Crippen MR) is 68.3 cm³/mol. The molecule has 0 spiro atoms. The molecule has 1 atom stereocenters. The van der Waals surface area contributed by atoms with Gasteiger partial charge in [0, 0.05) is 12.1 Å². The molecule has 92 valence electrons. The lowest BCUT2D eigenvalue weighted by Gasteiger charge is -2.55. The average molecular weight is 221 g/mol. The molecule has 1 N–H and O–H groups in total. The van der Waals surface area contributed by atoms with Gasteiger partial charge in [-0.1, -0.05) is 13.3 Å². The molecule has 0 aromatic heterocycles. The van der Waals surface area contributed by atoms with Crippen molar-refractivity contribution in [3.8, 4) is 0 Å². The molecule has 0 saturated heterocycles. The number of hydrogen-bond donors (Lipinski definition) is 1. The topological polar surface area (TPSA) is 12.0 Å². The van der Waals surface area contributed by atoms with Gasteiger partial charge in [0.1, 0.15) is 0 Å². The highest BCUT2D eigenvalue weighted by atomic mass is 15.0. The van der Waals surface area contributed by atoms with Crippen LogP contribution < -0.4 is 5.32 Å². The molecule has 16 heavy (non-hydrogen) atoms. The Morgan fingerprint density at radius 2 is 1.56 bits per heavy atom. The van der Waals surface area contributed by atoms with Crippen LogP contribution in [0.4, 0.5) is 0 Å². The van der Waals surface area contributed by atoms with Gasteiger partial charge in [0.2, 0.25) is 0 Å². The lowest BCUT2D eigenvalue weighted by Crippen LogP contribution is -2.56. The molecule has 4 aliphatic carbocycles. The van der Waals surface area contributed by atoms with Crippen molar-refractivity contribution < 1.29 is 0 Å². The Bertz CT molecular complexity index is 220. The van der Waals surface area contributed by atoms with E-state index in [9.17, 15) is 0 Å². The van der Waals surface area contributed by atoms with E-state index in [-0.39, 0.29) is 0 Å². The summed E-state index contributed by atoms with van der Waals surface area (Å²) in [7, 11) is 0. The molecule has 4 fully saturated rings. The maximum atomic E-state index is 3.96. The highest BCUT2D eigenvalue weighted by molar-refractivity contribution is 5.01. The standard InChI is InChI=1S/C15H27N/c1-3-4-10(2)16-15-13-6-11-5-12(8-13)9-14(15)7-11/h10-16H,3-9H2,1-2H3. The van der Waals surface area contributed by atoms with Crippen LogP contribution in [-0.4, -0.2) is 12.1 Å². The Morgan fingerprint density at radius 3 is 2.06 bits per heavy atom. The second-order valence-corrected chi connectivity index (χ2v) is 6.81. The van der Waals surface area contributed by atoms with Crippen LogP contribution in [0.2, 0.25) is 0 Å². The Morgan fingerprint density at radius 1 is 1.00 bits per heavy atom. The van der Waals surface area contributed by atoms with E-state index >= 15 is 0 Å². The van der Waals surface area contributed by atoms with E-state index < -0.39 is 0 Å². The first-order valence-corrected chi connectivity index (χ1v) is 7.52. The Hall–Kier alpha value is -0.0400. The first-order chi connectivity index (χ1) is 7.76. The fourth-order valence-electron chi connectivity index (χ4n) is 5.04. The summed E-state index contributed by atoms with van der Waals surface area (Å²) in [5.41, 5.74) is 0. The van der Waals surface area contributed by atoms with E-state index in [2.05, 4.69) is 19.2 Å². The SMILES string of the molecule is CCCC(C)NC1C2CC3CC(C2)CC1C3. The molecule has 1 nitrogen and oxygen atoms in total. The van der Waals surface area contributed by atoms with Crippen LogP contribution in [0.25, 0.3) is 0 Å². The van der Waals surface area contributed by atoms with Crippen LogP contribution in [0, 0.1) is 23.7 Å². The zero-order valence-electron chi connectivity index (χ0n) is 10.9. The van der Waals surface area contributed by atoms with Crippen molar-refractivity contribution >= 4 is 0 Å². The van der Waals surface area contributed by atoms with E-state index in [0.717, 1.165) is 35.8 Å². The van der Waals surface area contributed by atoms with E-state index in [1.165, 1.54) is 12.8 Å². The van der Waals surface area contributed by atoms with Gasteiger partial charge in [0.15, 0.2) is 0 Å². The van der Waals surface area contributed by atoms with Gasteiger partial charge >= 0.3 is 0 Å². The van der Waals surface area contributed by atoms with E-state index in [4.69, 9.17) is 0 Å². The molecule has 0 amide bonds. The number of hydrogen-bond acceptors (Lipinski definition) is 1. The summed E-state index contributed by atoms with van der Waals surface area (Å²) in [6, 6.07) is 1.63. The van der Waals surface area contributed by atoms with Crippen molar-refractivity contribution in [1.82, 2.24) is 5.32 Å². The van der Waals surface area contributed by atoms with E-state index in [0.29, 0.717) is 0 Å². The molecule has 0 heterocycles. The van der Waals surface area contributed by atoms with Crippen LogP contribution in [0.3, 0.4) is 0 Å². The first-order valence-electron chi connectivity index (χ1n) is 7.52. The average Bonchev–Trinajstić information content (AvgIpc) is 2.23. The maximum Gasteiger partial charge on any atom is 0.0126 e. The minimum atomic E-state index is 0.743. The van der Waals surface area contributed by atoms with Crippen LogP contribution in [0.5, 0.6) is 0 Å². The number of nitrogens with one attached hydrogen (secondary N) is 1. The Labute approximate surface area is 100 Å². The summed E-state index contributed by atoms with van der Waals surface area (Å²) in [5.74, 6) is 4.30. The largest absolute Gasteiger partial charge is 0.311 e. The summed E-state index contributed by atoms with van der Waals surface area (Å²) >= 11 is 0. The number of rotatable bonds is 4. The molecular weight excluding hydrogens is 194 g/mol. The van der Waals surface area contributed by atoms with E-state index in [1.807, 2.05) is 0 Å². The smallest absolute Gasteiger partial charge is 0.0126 e. The van der Waals surface area contributed by atoms with Gasteiger partial charge in [-0.2, -0.15) is 0 Å². The summed E-state index contributed by atoms with van der Waals surface area (Å²) in [5, 5.41) is 3.96. The molecular formula is C15H27N. The van der Waals surface area contributed by atoms with Crippen LogP contribution in [0.15, 0.2) is 0 Å². The molecule has 0 radical (unpaired) electrons. The summed E-state index contributed by atoms with van der Waals surface area (Å²) in [6.07, 6.45) is 10.4. The molecule has 0 aromatic rings. The predicted octanol–water partition coefficient (Wildman–Crippen LogP) is 3.59. The zero-order valence-corrected chi connectivity index (χ0v) is 10.9. The van der Waals surface area contributed by atoms with Crippen LogP contribution in [0.1, 0.15) is 58.8 Å². The van der Waals surface area contributed by atoms with Crippen molar-refractivity contribution in [2.24, 2.45) is 23.7 Å². The van der Waals surface area contributed by atoms with Gasteiger partial charge in [-0.15, -0.1) is 0 Å². The Balaban J connectivity index is 1.63. The molecule has 1 heteroatoms. The van der Waals surface area contributed by atoms with Crippen molar-refractivity contribution in [2.75, 3.05) is 0 Å². The molecule has 0 aliphatic heterocycles. The second-order valence-electron chi connectivity index (χ2n) is 6.81. The molecule has 4 saturated carbocycles. The third-order valence-corrected chi connectivity index (χ3v) is 5.43. The normalized spacial score (nSPS) is 47.2. The molecule has 0 aromatic carbocycles. The zero-order chi connectivity index (χ0) is 11.1. The van der Waals surface area contributed by atoms with Gasteiger partial charge < -0.3 is 5.32 Å². The third-order valence-electron chi connectivity index (χ3n) is 5.43. The van der Waals surface area contributed by atoms with Crippen molar-refractivity contribution in [1.29, 1.82) is 0 Å². The second kappa shape index (κ2) is 4.33. The van der Waals surface area contributed by atoms with Crippen molar-refractivity contribution in [3.05, 3.63) is 0 Å². The quantitative estimate of drug-likeness (QED) is 0.765. The van der Waals surface area contributed by atoms with Gasteiger partial charge in [-0.05, 0) is 69.1 Å². The summed E-state index contributed by atoms with van der Waals surface area (Å²) < 4.78 is 0. The van der Waals surface area contributed by atoms with Crippen LogP contribution >= 0.6 is 0 Å². The highest BCUT2D eigenvalue weighted by Gasteiger charge is 2.48. The van der Waals surface area contributed by atoms with E-state index in [1.54, 1.807) is 32.1 Å². The summed E-state index contributed by atoms with van der Waals surface area (Å²) in [4.78, 5) is 0. The highest BCUT2D eigenvalue weighted by Crippen LogP contribution is 2.53. The molecule has 1 unspecified atom stereocenters. The van der Waals surface area contributed by atoms with Gasteiger partial charge in [0.05, 0.1) is 0 Å². The summed E-state index contributed by atoms with van der Waals surface area (Å²) in [6.45, 7) is 4.68. The molecule has 4 bridgehead atoms. The monoisotopic (exact) mass is 221 g/mol. The lowest BCUT2D eigenvalue weighted by molar-refractivity contribution is -0.0173.